The first-order chi connectivity index (χ1) is 9.29. The second-order valence-corrected chi connectivity index (χ2v) is 4.91. The first kappa shape index (κ1) is 16.6. The zero-order valence-corrected chi connectivity index (χ0v) is 11.1. The van der Waals surface area contributed by atoms with Crippen LogP contribution in [0.5, 0.6) is 0 Å². The maximum Gasteiger partial charge on any atom is 0.406 e. The molecule has 0 saturated heterocycles. The van der Waals surface area contributed by atoms with Crippen molar-refractivity contribution in [3.63, 3.8) is 0 Å². The quantitative estimate of drug-likeness (QED) is 0.676. The van der Waals surface area contributed by atoms with Gasteiger partial charge in [0.1, 0.15) is 6.54 Å². The molecule has 5 nitrogen and oxygen atoms in total. The largest absolute Gasteiger partial charge is 0.481 e. The number of unbranched alkanes of at least 4 members (excludes halogenated alkanes) is 2. The number of carbonyl (C=O) groups is 2. The third kappa shape index (κ3) is 7.20. The molecule has 2 amide bonds. The van der Waals surface area contributed by atoms with Crippen LogP contribution in [0, 0.1) is 0 Å². The summed E-state index contributed by atoms with van der Waals surface area (Å²) in [4.78, 5) is 22.8. The lowest BCUT2D eigenvalue weighted by Crippen LogP contribution is -2.46. The number of urea groups is 1. The minimum Gasteiger partial charge on any atom is -0.481 e. The van der Waals surface area contributed by atoms with E-state index in [2.05, 4.69) is 5.32 Å². The van der Waals surface area contributed by atoms with Crippen LogP contribution in [0.15, 0.2) is 0 Å². The molecule has 116 valence electrons. The first-order valence-corrected chi connectivity index (χ1v) is 6.62. The van der Waals surface area contributed by atoms with Crippen LogP contribution in [0.3, 0.4) is 0 Å². The summed E-state index contributed by atoms with van der Waals surface area (Å²) in [5, 5.41) is 10.9. The molecule has 0 aromatic rings. The van der Waals surface area contributed by atoms with Crippen molar-refractivity contribution in [1.29, 1.82) is 0 Å². The third-order valence-corrected chi connectivity index (χ3v) is 2.94. The molecule has 0 heterocycles. The molecular weight excluding hydrogens is 277 g/mol. The minimum atomic E-state index is -4.39. The Hall–Kier alpha value is -1.47. The Bertz CT molecular complexity index is 343. The van der Waals surface area contributed by atoms with Crippen LogP contribution in [0.25, 0.3) is 0 Å². The molecule has 0 aromatic carbocycles. The highest BCUT2D eigenvalue weighted by Gasteiger charge is 2.40. The zero-order valence-electron chi connectivity index (χ0n) is 11.1. The maximum atomic E-state index is 12.3. The molecule has 8 heteroatoms. The van der Waals surface area contributed by atoms with E-state index in [1.165, 1.54) is 0 Å². The van der Waals surface area contributed by atoms with Crippen LogP contribution >= 0.6 is 0 Å². The van der Waals surface area contributed by atoms with Gasteiger partial charge in [0, 0.05) is 19.0 Å². The predicted molar refractivity (Wildman–Crippen MR) is 65.3 cm³/mol. The van der Waals surface area contributed by atoms with E-state index in [9.17, 15) is 22.8 Å². The molecule has 0 atom stereocenters. The molecule has 1 rings (SSSR count). The summed E-state index contributed by atoms with van der Waals surface area (Å²) in [5.41, 5.74) is 0. The molecule has 0 unspecified atom stereocenters. The molecule has 2 N–H and O–H groups in total. The van der Waals surface area contributed by atoms with Gasteiger partial charge in [-0.1, -0.05) is 6.42 Å². The summed E-state index contributed by atoms with van der Waals surface area (Å²) in [5.74, 6) is -0.876. The van der Waals surface area contributed by atoms with Crippen LogP contribution in [-0.4, -0.2) is 47.3 Å². The summed E-state index contributed by atoms with van der Waals surface area (Å²) < 4.78 is 37.0. The molecule has 1 saturated carbocycles. The Kier molecular flexibility index (Phi) is 6.09. The molecule has 0 spiro atoms. The Labute approximate surface area is 115 Å². The summed E-state index contributed by atoms with van der Waals surface area (Å²) in [6, 6.07) is -0.994. The fraction of sp³-hybridized carbons (Fsp3) is 0.833. The maximum absolute atomic E-state index is 12.3. The molecule has 0 radical (unpaired) electrons. The number of hydrogen-bond acceptors (Lipinski definition) is 2. The van der Waals surface area contributed by atoms with Gasteiger partial charge in [0.15, 0.2) is 0 Å². The highest BCUT2D eigenvalue weighted by molar-refractivity contribution is 5.75. The summed E-state index contributed by atoms with van der Waals surface area (Å²) >= 11 is 0. The molecular formula is C12H19F3N2O3. The van der Waals surface area contributed by atoms with E-state index in [4.69, 9.17) is 5.11 Å². The summed E-state index contributed by atoms with van der Waals surface area (Å²) in [7, 11) is 0. The summed E-state index contributed by atoms with van der Waals surface area (Å²) in [6.45, 7) is -0.956. The van der Waals surface area contributed by atoms with Crippen LogP contribution < -0.4 is 5.32 Å². The van der Waals surface area contributed by atoms with E-state index >= 15 is 0 Å². The van der Waals surface area contributed by atoms with Crippen molar-refractivity contribution in [3.05, 3.63) is 0 Å². The van der Waals surface area contributed by atoms with E-state index in [0.717, 1.165) is 4.90 Å². The van der Waals surface area contributed by atoms with Gasteiger partial charge in [-0.25, -0.2) is 4.79 Å². The second-order valence-electron chi connectivity index (χ2n) is 4.91. The lowest BCUT2D eigenvalue weighted by atomic mass is 10.2. The predicted octanol–water partition coefficient (Wildman–Crippen LogP) is 2.37. The number of nitrogens with zero attached hydrogens (tertiary/aromatic N) is 1. The Morgan fingerprint density at radius 2 is 1.85 bits per heavy atom. The van der Waals surface area contributed by atoms with Gasteiger partial charge < -0.3 is 15.3 Å². The lowest BCUT2D eigenvalue weighted by Gasteiger charge is -2.24. The number of hydrogen-bond donors (Lipinski definition) is 2. The molecule has 0 bridgehead atoms. The van der Waals surface area contributed by atoms with Crippen molar-refractivity contribution >= 4 is 12.0 Å². The Morgan fingerprint density at radius 1 is 1.20 bits per heavy atom. The van der Waals surface area contributed by atoms with Crippen LogP contribution in [0.2, 0.25) is 0 Å². The van der Waals surface area contributed by atoms with Crippen LogP contribution in [0.4, 0.5) is 18.0 Å². The number of amides is 2. The fourth-order valence-corrected chi connectivity index (χ4v) is 1.82. The van der Waals surface area contributed by atoms with E-state index in [1.54, 1.807) is 0 Å². The number of carboxylic acid groups (broad SMARTS) is 1. The van der Waals surface area contributed by atoms with Gasteiger partial charge in [-0.3, -0.25) is 4.79 Å². The Morgan fingerprint density at radius 3 is 2.35 bits per heavy atom. The lowest BCUT2D eigenvalue weighted by molar-refractivity contribution is -0.141. The van der Waals surface area contributed by atoms with Crippen molar-refractivity contribution in [2.75, 3.05) is 13.1 Å². The number of carboxylic acids is 1. The van der Waals surface area contributed by atoms with Gasteiger partial charge in [-0.05, 0) is 25.7 Å². The smallest absolute Gasteiger partial charge is 0.406 e. The van der Waals surface area contributed by atoms with Gasteiger partial charge in [-0.2, -0.15) is 13.2 Å². The molecule has 20 heavy (non-hydrogen) atoms. The van der Waals surface area contributed by atoms with E-state index in [1.807, 2.05) is 0 Å². The average Bonchev–Trinajstić information content (AvgIpc) is 3.12. The normalized spacial score (nSPS) is 14.9. The van der Waals surface area contributed by atoms with E-state index < -0.39 is 24.7 Å². The van der Waals surface area contributed by atoms with Gasteiger partial charge in [0.2, 0.25) is 0 Å². The average molecular weight is 296 g/mol. The first-order valence-electron chi connectivity index (χ1n) is 6.62. The monoisotopic (exact) mass is 296 g/mol. The number of alkyl halides is 3. The number of halogens is 3. The summed E-state index contributed by atoms with van der Waals surface area (Å²) in [6.07, 6.45) is -1.42. The molecule has 1 aliphatic rings. The van der Waals surface area contributed by atoms with Crippen molar-refractivity contribution in [2.24, 2.45) is 0 Å². The molecule has 0 aromatic heterocycles. The number of aliphatic carboxylic acids is 1. The van der Waals surface area contributed by atoms with Crippen molar-refractivity contribution in [2.45, 2.75) is 50.7 Å². The number of rotatable bonds is 8. The van der Waals surface area contributed by atoms with Gasteiger partial charge in [0.05, 0.1) is 0 Å². The fourth-order valence-electron chi connectivity index (χ4n) is 1.82. The minimum absolute atomic E-state index is 0.0657. The molecule has 1 aliphatic carbocycles. The Balaban J connectivity index is 2.20. The number of carbonyl (C=O) groups excluding carboxylic acids is 1. The van der Waals surface area contributed by atoms with Crippen molar-refractivity contribution in [1.82, 2.24) is 10.2 Å². The standard InChI is InChI=1S/C12H19F3N2O3/c13-12(14,15)8-17(9-5-6-9)11(20)16-7-3-1-2-4-10(18)19/h9H,1-8H2,(H,16,20)(H,18,19). The highest BCUT2D eigenvalue weighted by Crippen LogP contribution is 2.30. The third-order valence-electron chi connectivity index (χ3n) is 2.94. The second kappa shape index (κ2) is 7.35. The molecule has 0 aliphatic heterocycles. The van der Waals surface area contributed by atoms with Gasteiger partial charge in [0.25, 0.3) is 0 Å². The van der Waals surface area contributed by atoms with Gasteiger partial charge >= 0.3 is 18.2 Å². The molecule has 1 fully saturated rings. The highest BCUT2D eigenvalue weighted by atomic mass is 19.4. The number of nitrogens with one attached hydrogen (secondary N) is 1. The SMILES string of the molecule is O=C(O)CCCCCNC(=O)N(CC(F)(F)F)C1CC1. The van der Waals surface area contributed by atoms with Crippen LogP contribution in [0.1, 0.15) is 38.5 Å². The van der Waals surface area contributed by atoms with E-state index in [0.29, 0.717) is 32.1 Å². The van der Waals surface area contributed by atoms with Crippen molar-refractivity contribution in [3.8, 4) is 0 Å². The van der Waals surface area contributed by atoms with E-state index in [-0.39, 0.29) is 19.0 Å². The van der Waals surface area contributed by atoms with Crippen molar-refractivity contribution < 1.29 is 27.9 Å². The zero-order chi connectivity index (χ0) is 15.2. The topological polar surface area (TPSA) is 69.6 Å². The van der Waals surface area contributed by atoms with Gasteiger partial charge in [-0.15, -0.1) is 0 Å². The van der Waals surface area contributed by atoms with Crippen LogP contribution in [-0.2, 0) is 4.79 Å².